The zero-order valence-electron chi connectivity index (χ0n) is 10.3. The minimum atomic E-state index is 0.294. The van der Waals surface area contributed by atoms with Crippen LogP contribution in [0.3, 0.4) is 0 Å². The Labute approximate surface area is 93.3 Å². The van der Waals surface area contributed by atoms with Crippen molar-refractivity contribution in [2.45, 2.75) is 39.2 Å². The van der Waals surface area contributed by atoms with Crippen LogP contribution < -0.4 is 5.73 Å². The third-order valence-corrected chi connectivity index (χ3v) is 2.45. The topological polar surface area (TPSA) is 62.3 Å². The average Bonchev–Trinajstić information content (AvgIpc) is 2.15. The Morgan fingerprint density at radius 2 is 2.00 bits per heavy atom. The van der Waals surface area contributed by atoms with Gasteiger partial charge in [0.1, 0.15) is 0 Å². The van der Waals surface area contributed by atoms with Crippen LogP contribution in [-0.2, 0) is 4.74 Å². The summed E-state index contributed by atoms with van der Waals surface area (Å²) in [6.45, 7) is 7.22. The van der Waals surface area contributed by atoms with Crippen LogP contribution in [-0.4, -0.2) is 43.6 Å². The van der Waals surface area contributed by atoms with Gasteiger partial charge in [0.15, 0.2) is 0 Å². The highest BCUT2D eigenvalue weighted by Gasteiger charge is 2.08. The SMILES string of the molecule is COCCN(CCCCC(=N)N)C(C)C. The molecule has 4 heteroatoms. The number of ether oxygens (including phenoxy) is 1. The second kappa shape index (κ2) is 8.68. The molecule has 0 fully saturated rings. The average molecular weight is 215 g/mol. The standard InChI is InChI=1S/C11H25N3O/c1-10(2)14(8-9-15-3)7-5-4-6-11(12)13/h10H,4-9H2,1-3H3,(H3,12,13). The van der Waals surface area contributed by atoms with E-state index in [2.05, 4.69) is 18.7 Å². The highest BCUT2D eigenvalue weighted by Crippen LogP contribution is 2.03. The van der Waals surface area contributed by atoms with Crippen molar-refractivity contribution < 1.29 is 4.74 Å². The maximum Gasteiger partial charge on any atom is 0.0905 e. The third kappa shape index (κ3) is 8.39. The Balaban J connectivity index is 3.61. The van der Waals surface area contributed by atoms with Crippen LogP contribution in [0.15, 0.2) is 0 Å². The van der Waals surface area contributed by atoms with E-state index in [-0.39, 0.29) is 0 Å². The fraction of sp³-hybridized carbons (Fsp3) is 0.909. The van der Waals surface area contributed by atoms with Gasteiger partial charge in [0.2, 0.25) is 0 Å². The summed E-state index contributed by atoms with van der Waals surface area (Å²) < 4.78 is 5.07. The first kappa shape index (κ1) is 14.4. The molecule has 4 nitrogen and oxygen atoms in total. The van der Waals surface area contributed by atoms with Gasteiger partial charge in [0.05, 0.1) is 12.4 Å². The summed E-state index contributed by atoms with van der Waals surface area (Å²) in [6, 6.07) is 0.553. The summed E-state index contributed by atoms with van der Waals surface area (Å²) >= 11 is 0. The Morgan fingerprint density at radius 3 is 2.47 bits per heavy atom. The van der Waals surface area contributed by atoms with Crippen molar-refractivity contribution >= 4 is 5.84 Å². The second-order valence-corrected chi connectivity index (χ2v) is 4.10. The van der Waals surface area contributed by atoms with E-state index in [4.69, 9.17) is 15.9 Å². The number of hydrogen-bond donors (Lipinski definition) is 2. The maximum absolute atomic E-state index is 7.12. The molecule has 0 spiro atoms. The minimum Gasteiger partial charge on any atom is -0.388 e. The summed E-state index contributed by atoms with van der Waals surface area (Å²) in [5.74, 6) is 0.294. The number of rotatable bonds is 9. The largest absolute Gasteiger partial charge is 0.388 e. The molecule has 0 aromatic rings. The molecule has 0 unspecified atom stereocenters. The maximum atomic E-state index is 7.12. The van der Waals surface area contributed by atoms with Crippen LogP contribution in [0.5, 0.6) is 0 Å². The molecule has 0 aromatic carbocycles. The summed E-state index contributed by atoms with van der Waals surface area (Å²) in [4.78, 5) is 2.39. The number of nitrogens with two attached hydrogens (primary N) is 1. The molecule has 0 aromatic heterocycles. The molecule has 90 valence electrons. The van der Waals surface area contributed by atoms with Crippen molar-refractivity contribution in [3.63, 3.8) is 0 Å². The van der Waals surface area contributed by atoms with Crippen LogP contribution in [0, 0.1) is 5.41 Å². The number of unbranched alkanes of at least 4 members (excludes halogenated alkanes) is 1. The van der Waals surface area contributed by atoms with Crippen molar-refractivity contribution in [3.05, 3.63) is 0 Å². The first-order valence-electron chi connectivity index (χ1n) is 5.63. The van der Waals surface area contributed by atoms with Gasteiger partial charge in [-0.3, -0.25) is 10.3 Å². The molecule has 0 aliphatic carbocycles. The van der Waals surface area contributed by atoms with Crippen LogP contribution in [0.4, 0.5) is 0 Å². The highest BCUT2D eigenvalue weighted by atomic mass is 16.5. The van der Waals surface area contributed by atoms with Crippen LogP contribution in [0.1, 0.15) is 33.1 Å². The molecule has 0 aliphatic rings. The summed E-state index contributed by atoms with van der Waals surface area (Å²) in [5.41, 5.74) is 5.30. The van der Waals surface area contributed by atoms with Gasteiger partial charge in [0, 0.05) is 26.1 Å². The van der Waals surface area contributed by atoms with E-state index in [1.807, 2.05) is 0 Å². The molecular formula is C11H25N3O. The molecule has 0 rings (SSSR count). The van der Waals surface area contributed by atoms with Crippen LogP contribution >= 0.6 is 0 Å². The van der Waals surface area contributed by atoms with Gasteiger partial charge >= 0.3 is 0 Å². The molecule has 0 amide bonds. The van der Waals surface area contributed by atoms with Gasteiger partial charge in [-0.25, -0.2) is 0 Å². The molecule has 0 radical (unpaired) electrons. The molecule has 0 atom stereocenters. The first-order valence-corrected chi connectivity index (χ1v) is 5.63. The number of nitrogens with zero attached hydrogens (tertiary/aromatic N) is 1. The van der Waals surface area contributed by atoms with Gasteiger partial charge in [-0.1, -0.05) is 0 Å². The fourth-order valence-electron chi connectivity index (χ4n) is 1.47. The molecule has 0 bridgehead atoms. The molecule has 3 N–H and O–H groups in total. The monoisotopic (exact) mass is 215 g/mol. The van der Waals surface area contributed by atoms with Gasteiger partial charge in [-0.05, 0) is 33.2 Å². The van der Waals surface area contributed by atoms with Gasteiger partial charge in [-0.2, -0.15) is 0 Å². The fourth-order valence-corrected chi connectivity index (χ4v) is 1.47. The zero-order valence-corrected chi connectivity index (χ0v) is 10.3. The lowest BCUT2D eigenvalue weighted by Gasteiger charge is -2.25. The quantitative estimate of drug-likeness (QED) is 0.347. The van der Waals surface area contributed by atoms with Crippen molar-refractivity contribution in [1.82, 2.24) is 4.90 Å². The van der Waals surface area contributed by atoms with E-state index in [1.165, 1.54) is 0 Å². The van der Waals surface area contributed by atoms with Gasteiger partial charge in [-0.15, -0.1) is 0 Å². The Kier molecular flexibility index (Phi) is 8.33. The zero-order chi connectivity index (χ0) is 11.7. The smallest absolute Gasteiger partial charge is 0.0905 e. The first-order chi connectivity index (χ1) is 7.07. The van der Waals surface area contributed by atoms with E-state index in [9.17, 15) is 0 Å². The normalized spacial score (nSPS) is 11.3. The lowest BCUT2D eigenvalue weighted by Crippen LogP contribution is -2.34. The van der Waals surface area contributed by atoms with Crippen molar-refractivity contribution in [1.29, 1.82) is 5.41 Å². The second-order valence-electron chi connectivity index (χ2n) is 4.10. The number of amidine groups is 1. The summed E-state index contributed by atoms with van der Waals surface area (Å²) in [5, 5.41) is 7.12. The Morgan fingerprint density at radius 1 is 1.33 bits per heavy atom. The summed E-state index contributed by atoms with van der Waals surface area (Å²) in [6.07, 6.45) is 2.82. The number of methoxy groups -OCH3 is 1. The Hall–Kier alpha value is -0.610. The van der Waals surface area contributed by atoms with E-state index < -0.39 is 0 Å². The molecule has 0 saturated carbocycles. The summed E-state index contributed by atoms with van der Waals surface area (Å²) in [7, 11) is 1.73. The molecule has 0 saturated heterocycles. The molecule has 0 heterocycles. The Bertz CT molecular complexity index is 171. The predicted molar refractivity (Wildman–Crippen MR) is 64.4 cm³/mol. The lowest BCUT2D eigenvalue weighted by atomic mass is 10.2. The van der Waals surface area contributed by atoms with Gasteiger partial charge < -0.3 is 10.5 Å². The van der Waals surface area contributed by atoms with E-state index in [0.717, 1.165) is 39.0 Å². The van der Waals surface area contributed by atoms with Crippen molar-refractivity contribution in [2.75, 3.05) is 26.8 Å². The van der Waals surface area contributed by atoms with E-state index in [1.54, 1.807) is 7.11 Å². The van der Waals surface area contributed by atoms with Crippen molar-refractivity contribution in [3.8, 4) is 0 Å². The number of hydrogen-bond acceptors (Lipinski definition) is 3. The van der Waals surface area contributed by atoms with Gasteiger partial charge in [0.25, 0.3) is 0 Å². The third-order valence-electron chi connectivity index (χ3n) is 2.45. The van der Waals surface area contributed by atoms with E-state index >= 15 is 0 Å². The minimum absolute atomic E-state index is 0.294. The molecule has 15 heavy (non-hydrogen) atoms. The van der Waals surface area contributed by atoms with Crippen LogP contribution in [0.25, 0.3) is 0 Å². The van der Waals surface area contributed by atoms with Crippen LogP contribution in [0.2, 0.25) is 0 Å². The molecular weight excluding hydrogens is 190 g/mol. The highest BCUT2D eigenvalue weighted by molar-refractivity contribution is 5.76. The van der Waals surface area contributed by atoms with E-state index in [0.29, 0.717) is 11.9 Å². The lowest BCUT2D eigenvalue weighted by molar-refractivity contribution is 0.128. The molecule has 0 aliphatic heterocycles. The number of nitrogens with one attached hydrogen (secondary N) is 1. The predicted octanol–water partition coefficient (Wildman–Crippen LogP) is 1.45. The van der Waals surface area contributed by atoms with Crippen molar-refractivity contribution in [2.24, 2.45) is 5.73 Å².